The van der Waals surface area contributed by atoms with Gasteiger partial charge in [-0.15, -0.1) is 0 Å². The molecule has 2 aromatic rings. The Morgan fingerprint density at radius 3 is 2.55 bits per heavy atom. The minimum absolute atomic E-state index is 0.613. The van der Waals surface area contributed by atoms with Crippen molar-refractivity contribution in [3.05, 3.63) is 63.6 Å². The molecule has 0 aliphatic heterocycles. The van der Waals surface area contributed by atoms with Crippen LogP contribution in [0.1, 0.15) is 36.6 Å². The third-order valence-electron chi connectivity index (χ3n) is 3.30. The quantitative estimate of drug-likeness (QED) is 0.872. The summed E-state index contributed by atoms with van der Waals surface area (Å²) in [5.41, 5.74) is 3.00. The molecule has 0 heterocycles. The van der Waals surface area contributed by atoms with E-state index in [2.05, 4.69) is 28.9 Å². The summed E-state index contributed by atoms with van der Waals surface area (Å²) in [7, 11) is 0. The molecule has 1 N–H and O–H groups in total. The van der Waals surface area contributed by atoms with Gasteiger partial charge in [-0.2, -0.15) is 0 Å². The summed E-state index contributed by atoms with van der Waals surface area (Å²) in [6.07, 6.45) is 0.295. The van der Waals surface area contributed by atoms with Crippen LogP contribution in [-0.2, 0) is 6.42 Å². The maximum atomic E-state index is 10.6. The molecule has 0 radical (unpaired) electrons. The van der Waals surface area contributed by atoms with Crippen molar-refractivity contribution in [2.75, 3.05) is 6.61 Å². The molecule has 0 saturated carbocycles. The van der Waals surface area contributed by atoms with E-state index in [1.807, 2.05) is 43.3 Å². The van der Waals surface area contributed by atoms with E-state index in [4.69, 9.17) is 4.74 Å². The second kappa shape index (κ2) is 6.91. The number of aliphatic hydroxyl groups is 1. The Morgan fingerprint density at radius 1 is 1.15 bits per heavy atom. The summed E-state index contributed by atoms with van der Waals surface area (Å²) in [5.74, 6) is 0.798. The summed E-state index contributed by atoms with van der Waals surface area (Å²) in [6.45, 7) is 4.67. The standard InChI is InChI=1S/C17H19BrO2/c1-3-12-7-5-6-8-14(12)17(19)13-9-10-16(20-4-2)15(18)11-13/h5-11,17,19H,3-4H2,1-2H3. The average molecular weight is 335 g/mol. The highest BCUT2D eigenvalue weighted by molar-refractivity contribution is 9.10. The molecule has 2 aromatic carbocycles. The maximum absolute atomic E-state index is 10.6. The van der Waals surface area contributed by atoms with Crippen molar-refractivity contribution in [1.82, 2.24) is 0 Å². The predicted octanol–water partition coefficient (Wildman–Crippen LogP) is 4.49. The van der Waals surface area contributed by atoms with Crippen LogP contribution in [0.3, 0.4) is 0 Å². The lowest BCUT2D eigenvalue weighted by molar-refractivity contribution is 0.219. The number of rotatable bonds is 5. The molecule has 0 bridgehead atoms. The van der Waals surface area contributed by atoms with Crippen molar-refractivity contribution in [2.24, 2.45) is 0 Å². The molecule has 0 fully saturated rings. The number of hydrogen-bond acceptors (Lipinski definition) is 2. The van der Waals surface area contributed by atoms with Crippen LogP contribution in [0, 0.1) is 0 Å². The molecule has 0 aromatic heterocycles. The van der Waals surface area contributed by atoms with E-state index in [1.165, 1.54) is 5.56 Å². The number of aryl methyl sites for hydroxylation is 1. The Labute approximate surface area is 128 Å². The van der Waals surface area contributed by atoms with Gasteiger partial charge < -0.3 is 9.84 Å². The first kappa shape index (κ1) is 15.1. The van der Waals surface area contributed by atoms with Gasteiger partial charge in [-0.25, -0.2) is 0 Å². The number of ether oxygens (including phenoxy) is 1. The largest absolute Gasteiger partial charge is 0.493 e. The van der Waals surface area contributed by atoms with Gasteiger partial charge in [0.1, 0.15) is 11.9 Å². The fraction of sp³-hybridized carbons (Fsp3) is 0.294. The average Bonchev–Trinajstić information content (AvgIpc) is 2.48. The van der Waals surface area contributed by atoms with Crippen LogP contribution in [0.5, 0.6) is 5.75 Å². The number of benzene rings is 2. The van der Waals surface area contributed by atoms with Crippen LogP contribution >= 0.6 is 15.9 Å². The van der Waals surface area contributed by atoms with Gasteiger partial charge in [0.05, 0.1) is 11.1 Å². The molecular formula is C17H19BrO2. The molecule has 0 saturated heterocycles. The second-order valence-corrected chi connectivity index (χ2v) is 5.43. The Hall–Kier alpha value is -1.32. The fourth-order valence-electron chi connectivity index (χ4n) is 2.26. The SMILES string of the molecule is CCOc1ccc(C(O)c2ccccc2CC)cc1Br. The van der Waals surface area contributed by atoms with Gasteiger partial charge >= 0.3 is 0 Å². The van der Waals surface area contributed by atoms with Crippen molar-refractivity contribution in [2.45, 2.75) is 26.4 Å². The van der Waals surface area contributed by atoms with Crippen LogP contribution in [-0.4, -0.2) is 11.7 Å². The van der Waals surface area contributed by atoms with Crippen molar-refractivity contribution in [3.63, 3.8) is 0 Å². The Balaban J connectivity index is 2.33. The third-order valence-corrected chi connectivity index (χ3v) is 3.92. The summed E-state index contributed by atoms with van der Waals surface area (Å²) < 4.78 is 6.36. The predicted molar refractivity (Wildman–Crippen MR) is 85.2 cm³/mol. The normalized spacial score (nSPS) is 12.2. The summed E-state index contributed by atoms with van der Waals surface area (Å²) in [5, 5.41) is 10.6. The zero-order valence-electron chi connectivity index (χ0n) is 11.8. The topological polar surface area (TPSA) is 29.5 Å². The molecule has 1 unspecified atom stereocenters. The van der Waals surface area contributed by atoms with E-state index in [-0.39, 0.29) is 0 Å². The molecule has 0 aliphatic rings. The van der Waals surface area contributed by atoms with E-state index in [1.54, 1.807) is 0 Å². The monoisotopic (exact) mass is 334 g/mol. The second-order valence-electron chi connectivity index (χ2n) is 4.58. The molecule has 2 rings (SSSR count). The third kappa shape index (κ3) is 3.22. The summed E-state index contributed by atoms with van der Waals surface area (Å²) in [6, 6.07) is 13.7. The lowest BCUT2D eigenvalue weighted by Gasteiger charge is -2.16. The van der Waals surface area contributed by atoms with Crippen LogP contribution in [0.2, 0.25) is 0 Å². The molecule has 0 spiro atoms. The Kier molecular flexibility index (Phi) is 5.21. The van der Waals surface area contributed by atoms with E-state index in [0.717, 1.165) is 27.8 Å². The lowest BCUT2D eigenvalue weighted by Crippen LogP contribution is -2.04. The van der Waals surface area contributed by atoms with Gasteiger partial charge in [-0.1, -0.05) is 37.3 Å². The fourth-order valence-corrected chi connectivity index (χ4v) is 2.77. The molecule has 106 valence electrons. The number of hydrogen-bond donors (Lipinski definition) is 1. The first-order valence-corrected chi connectivity index (χ1v) is 7.64. The van der Waals surface area contributed by atoms with Crippen molar-refractivity contribution in [1.29, 1.82) is 0 Å². The molecular weight excluding hydrogens is 316 g/mol. The van der Waals surface area contributed by atoms with Crippen molar-refractivity contribution >= 4 is 15.9 Å². The van der Waals surface area contributed by atoms with E-state index in [0.29, 0.717) is 6.61 Å². The van der Waals surface area contributed by atoms with Crippen LogP contribution < -0.4 is 4.74 Å². The van der Waals surface area contributed by atoms with E-state index in [9.17, 15) is 5.11 Å². The van der Waals surface area contributed by atoms with E-state index < -0.39 is 6.10 Å². The van der Waals surface area contributed by atoms with Gasteiger partial charge in [0.2, 0.25) is 0 Å². The van der Waals surface area contributed by atoms with E-state index >= 15 is 0 Å². The molecule has 1 atom stereocenters. The van der Waals surface area contributed by atoms with Crippen LogP contribution in [0.4, 0.5) is 0 Å². The van der Waals surface area contributed by atoms with Gasteiger partial charge in [0.15, 0.2) is 0 Å². The highest BCUT2D eigenvalue weighted by Crippen LogP contribution is 2.32. The summed E-state index contributed by atoms with van der Waals surface area (Å²) in [4.78, 5) is 0. The molecule has 3 heteroatoms. The highest BCUT2D eigenvalue weighted by atomic mass is 79.9. The van der Waals surface area contributed by atoms with Gasteiger partial charge in [0, 0.05) is 0 Å². The smallest absolute Gasteiger partial charge is 0.133 e. The highest BCUT2D eigenvalue weighted by Gasteiger charge is 2.15. The Bertz CT molecular complexity index is 581. The van der Waals surface area contributed by atoms with Crippen LogP contribution in [0.25, 0.3) is 0 Å². The zero-order valence-corrected chi connectivity index (χ0v) is 13.4. The van der Waals surface area contributed by atoms with Crippen molar-refractivity contribution in [3.8, 4) is 5.75 Å². The minimum Gasteiger partial charge on any atom is -0.493 e. The van der Waals surface area contributed by atoms with Gasteiger partial charge in [0.25, 0.3) is 0 Å². The van der Waals surface area contributed by atoms with Gasteiger partial charge in [-0.3, -0.25) is 0 Å². The maximum Gasteiger partial charge on any atom is 0.133 e. The van der Waals surface area contributed by atoms with Crippen molar-refractivity contribution < 1.29 is 9.84 Å². The summed E-state index contributed by atoms with van der Waals surface area (Å²) >= 11 is 3.49. The molecule has 20 heavy (non-hydrogen) atoms. The van der Waals surface area contributed by atoms with Gasteiger partial charge in [-0.05, 0) is 58.1 Å². The first-order chi connectivity index (χ1) is 9.67. The molecule has 0 amide bonds. The Morgan fingerprint density at radius 2 is 1.90 bits per heavy atom. The first-order valence-electron chi connectivity index (χ1n) is 6.85. The number of halogens is 1. The van der Waals surface area contributed by atoms with Crippen LogP contribution in [0.15, 0.2) is 46.9 Å². The lowest BCUT2D eigenvalue weighted by atomic mass is 9.95. The molecule has 2 nitrogen and oxygen atoms in total. The molecule has 0 aliphatic carbocycles. The zero-order chi connectivity index (χ0) is 14.5. The minimum atomic E-state index is -0.613. The number of aliphatic hydroxyl groups excluding tert-OH is 1.